The Bertz CT molecular complexity index is 1770. The molecule has 0 aliphatic carbocycles. The summed E-state index contributed by atoms with van der Waals surface area (Å²) in [7, 11) is 0. The smallest absolute Gasteiger partial charge is 0.255 e. The van der Waals surface area contributed by atoms with Crippen LogP contribution in [0, 0.1) is 0 Å². The lowest BCUT2D eigenvalue weighted by molar-refractivity contribution is 0.102. The van der Waals surface area contributed by atoms with Crippen LogP contribution in [0.25, 0.3) is 27.9 Å². The number of benzene rings is 3. The van der Waals surface area contributed by atoms with E-state index in [9.17, 15) is 4.79 Å². The number of anilines is 3. The Labute approximate surface area is 219 Å². The molecule has 3 aromatic carbocycles. The van der Waals surface area contributed by atoms with Crippen molar-refractivity contribution in [3.05, 3.63) is 103 Å². The molecule has 1 amide bonds. The maximum Gasteiger partial charge on any atom is 0.255 e. The van der Waals surface area contributed by atoms with Crippen LogP contribution in [0.15, 0.2) is 91.6 Å². The van der Waals surface area contributed by atoms with E-state index in [1.807, 2.05) is 83.5 Å². The molecule has 0 saturated heterocycles. The third-order valence-electron chi connectivity index (χ3n) is 6.49. The molecule has 0 bridgehead atoms. The summed E-state index contributed by atoms with van der Waals surface area (Å²) in [5.41, 5.74) is 7.55. The van der Waals surface area contributed by atoms with Gasteiger partial charge in [-0.15, -0.1) is 0 Å². The van der Waals surface area contributed by atoms with E-state index in [0.29, 0.717) is 22.7 Å². The molecule has 38 heavy (non-hydrogen) atoms. The van der Waals surface area contributed by atoms with Crippen LogP contribution in [0.1, 0.15) is 36.7 Å². The number of aromatic nitrogens is 5. The molecule has 0 aliphatic heterocycles. The fraction of sp³-hybridized carbons (Fsp3) is 0.133. The SMILES string of the molecule is CC(C)(C)c1ccc(C(=O)Nc2cccc(-c3cn4ccnc4c(Nc4ccc5nc[nH]c5c4)n3)c2)cc1. The normalized spacial score (nSPS) is 11.7. The Kier molecular flexibility index (Phi) is 5.64. The Morgan fingerprint density at radius 2 is 1.79 bits per heavy atom. The minimum atomic E-state index is -0.155. The number of rotatable bonds is 5. The van der Waals surface area contributed by atoms with Gasteiger partial charge in [-0.05, 0) is 53.4 Å². The van der Waals surface area contributed by atoms with Gasteiger partial charge in [0.05, 0.1) is 23.1 Å². The number of H-pyrrole nitrogens is 1. The molecule has 0 saturated carbocycles. The van der Waals surface area contributed by atoms with Gasteiger partial charge in [-0.2, -0.15) is 0 Å². The van der Waals surface area contributed by atoms with Gasteiger partial charge in [-0.25, -0.2) is 15.0 Å². The minimum Gasteiger partial charge on any atom is -0.345 e. The summed E-state index contributed by atoms with van der Waals surface area (Å²) in [5.74, 6) is 0.469. The van der Waals surface area contributed by atoms with Crippen LogP contribution in [0.3, 0.4) is 0 Å². The third-order valence-corrected chi connectivity index (χ3v) is 6.49. The van der Waals surface area contributed by atoms with Gasteiger partial charge < -0.3 is 20.0 Å². The summed E-state index contributed by atoms with van der Waals surface area (Å²) < 4.78 is 1.93. The van der Waals surface area contributed by atoms with Crippen LogP contribution in [-0.2, 0) is 5.41 Å². The predicted molar refractivity (Wildman–Crippen MR) is 151 cm³/mol. The number of aromatic amines is 1. The molecule has 0 unspecified atom stereocenters. The van der Waals surface area contributed by atoms with E-state index >= 15 is 0 Å². The van der Waals surface area contributed by atoms with E-state index < -0.39 is 0 Å². The number of carbonyl (C=O) groups excluding carboxylic acids is 1. The topological polar surface area (TPSA) is 100 Å². The zero-order valence-electron chi connectivity index (χ0n) is 21.4. The highest BCUT2D eigenvalue weighted by molar-refractivity contribution is 6.04. The summed E-state index contributed by atoms with van der Waals surface area (Å²) in [4.78, 5) is 29.7. The van der Waals surface area contributed by atoms with Gasteiger partial charge in [-0.1, -0.05) is 45.0 Å². The van der Waals surface area contributed by atoms with Crippen molar-refractivity contribution in [3.8, 4) is 11.3 Å². The van der Waals surface area contributed by atoms with E-state index in [-0.39, 0.29) is 11.3 Å². The lowest BCUT2D eigenvalue weighted by Crippen LogP contribution is -2.14. The van der Waals surface area contributed by atoms with Crippen LogP contribution in [0.4, 0.5) is 17.2 Å². The molecule has 0 aliphatic rings. The molecule has 6 aromatic rings. The average Bonchev–Trinajstić information content (AvgIpc) is 3.58. The van der Waals surface area contributed by atoms with Gasteiger partial charge in [0.15, 0.2) is 11.5 Å². The number of imidazole rings is 2. The van der Waals surface area contributed by atoms with Crippen LogP contribution >= 0.6 is 0 Å². The molecule has 6 rings (SSSR count). The summed E-state index contributed by atoms with van der Waals surface area (Å²) >= 11 is 0. The number of nitrogens with one attached hydrogen (secondary N) is 3. The van der Waals surface area contributed by atoms with E-state index in [4.69, 9.17) is 4.98 Å². The molecule has 0 fully saturated rings. The molecule has 0 radical (unpaired) electrons. The molecular weight excluding hydrogens is 474 g/mol. The highest BCUT2D eigenvalue weighted by atomic mass is 16.1. The third kappa shape index (κ3) is 4.59. The van der Waals surface area contributed by atoms with Gasteiger partial charge in [0.2, 0.25) is 0 Å². The molecule has 0 spiro atoms. The first-order valence-corrected chi connectivity index (χ1v) is 12.4. The standard InChI is InChI=1S/C30H27N7O/c1-30(2,3)21-9-7-19(8-10-21)29(38)35-22-6-4-5-20(15-22)26-17-37-14-13-31-28(37)27(36-26)34-23-11-12-24-25(16-23)33-18-32-24/h4-18H,1-3H3,(H,32,33)(H,34,36)(H,35,38). The number of fused-ring (bicyclic) bond motifs is 2. The Hall–Kier alpha value is -4.98. The summed E-state index contributed by atoms with van der Waals surface area (Å²) in [6.45, 7) is 6.46. The second-order valence-electron chi connectivity index (χ2n) is 10.3. The van der Waals surface area contributed by atoms with Crippen molar-refractivity contribution >= 4 is 39.8 Å². The van der Waals surface area contributed by atoms with E-state index in [0.717, 1.165) is 28.0 Å². The molecule has 0 atom stereocenters. The van der Waals surface area contributed by atoms with Crippen molar-refractivity contribution in [2.75, 3.05) is 10.6 Å². The number of hydrogen-bond donors (Lipinski definition) is 3. The van der Waals surface area contributed by atoms with Gasteiger partial charge >= 0.3 is 0 Å². The summed E-state index contributed by atoms with van der Waals surface area (Å²) in [6, 6.07) is 21.3. The largest absolute Gasteiger partial charge is 0.345 e. The van der Waals surface area contributed by atoms with Gasteiger partial charge in [0, 0.05) is 41.1 Å². The second-order valence-corrected chi connectivity index (χ2v) is 10.3. The minimum absolute atomic E-state index is 0.0340. The Balaban J connectivity index is 1.28. The number of nitrogens with zero attached hydrogens (tertiary/aromatic N) is 4. The van der Waals surface area contributed by atoms with Gasteiger partial charge in [-0.3, -0.25) is 4.79 Å². The zero-order chi connectivity index (χ0) is 26.3. The van der Waals surface area contributed by atoms with Crippen molar-refractivity contribution in [2.45, 2.75) is 26.2 Å². The quantitative estimate of drug-likeness (QED) is 0.248. The molecule has 8 heteroatoms. The fourth-order valence-corrected chi connectivity index (χ4v) is 4.39. The average molecular weight is 502 g/mol. The second kappa shape index (κ2) is 9.15. The highest BCUT2D eigenvalue weighted by Gasteiger charge is 2.15. The lowest BCUT2D eigenvalue weighted by atomic mass is 9.87. The molecule has 3 aromatic heterocycles. The molecule has 3 N–H and O–H groups in total. The number of hydrogen-bond acceptors (Lipinski definition) is 5. The molecular formula is C30H27N7O. The van der Waals surface area contributed by atoms with Crippen molar-refractivity contribution in [2.24, 2.45) is 0 Å². The fourth-order valence-electron chi connectivity index (χ4n) is 4.39. The van der Waals surface area contributed by atoms with Crippen LogP contribution < -0.4 is 10.6 Å². The van der Waals surface area contributed by atoms with Crippen molar-refractivity contribution in [3.63, 3.8) is 0 Å². The Morgan fingerprint density at radius 1 is 0.947 bits per heavy atom. The zero-order valence-corrected chi connectivity index (χ0v) is 21.4. The number of amides is 1. The van der Waals surface area contributed by atoms with Gasteiger partial charge in [0.25, 0.3) is 5.91 Å². The van der Waals surface area contributed by atoms with Crippen molar-refractivity contribution in [1.82, 2.24) is 24.3 Å². The number of carbonyl (C=O) groups is 1. The molecule has 188 valence electrons. The molecule has 8 nitrogen and oxygen atoms in total. The Morgan fingerprint density at radius 3 is 2.61 bits per heavy atom. The lowest BCUT2D eigenvalue weighted by Gasteiger charge is -2.19. The maximum absolute atomic E-state index is 12.9. The van der Waals surface area contributed by atoms with Gasteiger partial charge in [0.1, 0.15) is 0 Å². The van der Waals surface area contributed by atoms with Crippen LogP contribution in [-0.4, -0.2) is 30.2 Å². The van der Waals surface area contributed by atoms with Crippen molar-refractivity contribution in [1.29, 1.82) is 0 Å². The monoisotopic (exact) mass is 501 g/mol. The summed E-state index contributed by atoms with van der Waals surface area (Å²) in [5, 5.41) is 6.41. The van der Waals surface area contributed by atoms with Crippen molar-refractivity contribution < 1.29 is 4.79 Å². The first kappa shape index (κ1) is 23.4. The first-order chi connectivity index (χ1) is 18.3. The van der Waals surface area contributed by atoms with E-state index in [1.54, 1.807) is 12.5 Å². The van der Waals surface area contributed by atoms with E-state index in [2.05, 4.69) is 46.4 Å². The van der Waals surface area contributed by atoms with Crippen LogP contribution in [0.2, 0.25) is 0 Å². The van der Waals surface area contributed by atoms with Crippen LogP contribution in [0.5, 0.6) is 0 Å². The van der Waals surface area contributed by atoms with E-state index in [1.165, 1.54) is 5.56 Å². The summed E-state index contributed by atoms with van der Waals surface area (Å²) in [6.07, 6.45) is 7.23. The highest BCUT2D eigenvalue weighted by Crippen LogP contribution is 2.28. The molecule has 3 heterocycles. The maximum atomic E-state index is 12.9. The first-order valence-electron chi connectivity index (χ1n) is 12.4. The predicted octanol–water partition coefficient (Wildman–Crippen LogP) is 6.57.